The average Bonchev–Trinajstić information content (AvgIpc) is 3.11. The molecular weight excluding hydrogens is 282 g/mol. The van der Waals surface area contributed by atoms with Gasteiger partial charge in [0.1, 0.15) is 0 Å². The lowest BCUT2D eigenvalue weighted by Crippen LogP contribution is -2.38. The van der Waals surface area contributed by atoms with Crippen LogP contribution in [-0.2, 0) is 11.8 Å². The molecule has 3 heterocycles. The highest BCUT2D eigenvalue weighted by molar-refractivity contribution is 6.01. The van der Waals surface area contributed by atoms with Crippen LogP contribution in [0.15, 0.2) is 0 Å². The van der Waals surface area contributed by atoms with Crippen LogP contribution in [-0.4, -0.2) is 57.7 Å². The Kier molecular flexibility index (Phi) is 3.90. The molecule has 2 saturated heterocycles. The molecule has 1 atom stereocenters. The summed E-state index contributed by atoms with van der Waals surface area (Å²) < 4.78 is 1.93. The van der Waals surface area contributed by atoms with E-state index in [1.54, 1.807) is 0 Å². The summed E-state index contributed by atoms with van der Waals surface area (Å²) >= 11 is 0. The number of carbonyl (C=O) groups is 2. The van der Waals surface area contributed by atoms with Crippen molar-refractivity contribution in [3.63, 3.8) is 0 Å². The molecule has 3 amide bonds. The summed E-state index contributed by atoms with van der Waals surface area (Å²) in [6.45, 7) is 6.46. The lowest BCUT2D eigenvalue weighted by Gasteiger charge is -2.26. The van der Waals surface area contributed by atoms with Crippen molar-refractivity contribution >= 4 is 11.9 Å². The third-order valence-corrected chi connectivity index (χ3v) is 4.81. The highest BCUT2D eigenvalue weighted by Crippen LogP contribution is 2.35. The number of aromatic nitrogens is 2. The zero-order chi connectivity index (χ0) is 15.9. The fourth-order valence-electron chi connectivity index (χ4n) is 3.60. The molecule has 2 aliphatic rings. The first kappa shape index (κ1) is 15.0. The highest BCUT2D eigenvalue weighted by Gasteiger charge is 2.33. The van der Waals surface area contributed by atoms with Crippen LogP contribution in [0.2, 0.25) is 0 Å². The molecule has 0 bridgehead atoms. The minimum atomic E-state index is -0.269. The topological polar surface area (TPSA) is 70.5 Å². The fourth-order valence-corrected chi connectivity index (χ4v) is 3.60. The number of nitrogens with zero attached hydrogens (tertiary/aromatic N) is 4. The Morgan fingerprint density at radius 3 is 2.64 bits per heavy atom. The molecule has 1 aromatic heterocycles. The maximum atomic E-state index is 11.7. The number of likely N-dealkylation sites (tertiary alicyclic amines) is 1. The van der Waals surface area contributed by atoms with Crippen LogP contribution in [0.25, 0.3) is 0 Å². The standard InChI is InChI=1S/C15H23N5O2/c1-10-14(11(2)18(3)17-10)12-5-4-6-19(12)7-8-20-13(21)9-16-15(20)22/h12H,4-9H2,1-3H3,(H,16,22)/t12-/m1/s1. The van der Waals surface area contributed by atoms with Gasteiger partial charge in [0.25, 0.3) is 0 Å². The Morgan fingerprint density at radius 2 is 2.05 bits per heavy atom. The van der Waals surface area contributed by atoms with E-state index in [0.717, 1.165) is 31.6 Å². The molecule has 1 N–H and O–H groups in total. The lowest BCUT2D eigenvalue weighted by molar-refractivity contribution is -0.125. The summed E-state index contributed by atoms with van der Waals surface area (Å²) in [6.07, 6.45) is 2.24. The first-order chi connectivity index (χ1) is 10.5. The van der Waals surface area contributed by atoms with Crippen molar-refractivity contribution in [3.05, 3.63) is 17.0 Å². The van der Waals surface area contributed by atoms with Gasteiger partial charge in [-0.25, -0.2) is 4.79 Å². The predicted molar refractivity (Wildman–Crippen MR) is 81.3 cm³/mol. The normalized spacial score (nSPS) is 22.7. The van der Waals surface area contributed by atoms with Crippen LogP contribution in [0, 0.1) is 13.8 Å². The maximum absolute atomic E-state index is 11.7. The summed E-state index contributed by atoms with van der Waals surface area (Å²) in [7, 11) is 1.97. The van der Waals surface area contributed by atoms with Crippen molar-refractivity contribution in [1.29, 1.82) is 0 Å². The molecule has 0 spiro atoms. The zero-order valence-electron chi connectivity index (χ0n) is 13.4. The van der Waals surface area contributed by atoms with Gasteiger partial charge >= 0.3 is 6.03 Å². The third-order valence-electron chi connectivity index (χ3n) is 4.81. The number of imide groups is 1. The smallest absolute Gasteiger partial charge is 0.324 e. The van der Waals surface area contributed by atoms with Crippen LogP contribution < -0.4 is 5.32 Å². The lowest BCUT2D eigenvalue weighted by atomic mass is 10.0. The van der Waals surface area contributed by atoms with Crippen molar-refractivity contribution in [2.75, 3.05) is 26.2 Å². The molecule has 7 nitrogen and oxygen atoms in total. The molecular formula is C15H23N5O2. The minimum absolute atomic E-state index is 0.128. The van der Waals surface area contributed by atoms with Gasteiger partial charge < -0.3 is 5.32 Å². The number of carbonyl (C=O) groups excluding carboxylic acids is 2. The molecule has 1 aromatic rings. The van der Waals surface area contributed by atoms with Gasteiger partial charge in [-0.05, 0) is 33.2 Å². The monoisotopic (exact) mass is 305 g/mol. The van der Waals surface area contributed by atoms with Crippen LogP contribution in [0.5, 0.6) is 0 Å². The highest BCUT2D eigenvalue weighted by atomic mass is 16.2. The molecule has 0 aromatic carbocycles. The Hall–Kier alpha value is -1.89. The first-order valence-electron chi connectivity index (χ1n) is 7.81. The van der Waals surface area contributed by atoms with E-state index in [0.29, 0.717) is 12.6 Å². The molecule has 0 aliphatic carbocycles. The number of rotatable bonds is 4. The quantitative estimate of drug-likeness (QED) is 0.832. The van der Waals surface area contributed by atoms with E-state index in [-0.39, 0.29) is 18.5 Å². The predicted octanol–water partition coefficient (Wildman–Crippen LogP) is 0.726. The van der Waals surface area contributed by atoms with E-state index < -0.39 is 0 Å². The van der Waals surface area contributed by atoms with E-state index >= 15 is 0 Å². The van der Waals surface area contributed by atoms with E-state index in [1.165, 1.54) is 16.2 Å². The number of nitrogens with one attached hydrogen (secondary N) is 1. The summed E-state index contributed by atoms with van der Waals surface area (Å²) in [5.41, 5.74) is 3.58. The third kappa shape index (κ3) is 2.49. The number of hydrogen-bond acceptors (Lipinski definition) is 4. The Bertz CT molecular complexity index is 593. The second-order valence-electron chi connectivity index (χ2n) is 6.11. The van der Waals surface area contributed by atoms with Crippen molar-refractivity contribution in [1.82, 2.24) is 24.9 Å². The molecule has 7 heteroatoms. The van der Waals surface area contributed by atoms with Crippen LogP contribution in [0.3, 0.4) is 0 Å². The maximum Gasteiger partial charge on any atom is 0.324 e. The number of amides is 3. The molecule has 120 valence electrons. The summed E-state index contributed by atoms with van der Waals surface area (Å²) in [6, 6.07) is 0.0731. The molecule has 0 saturated carbocycles. The van der Waals surface area contributed by atoms with Crippen LogP contribution in [0.1, 0.15) is 35.8 Å². The van der Waals surface area contributed by atoms with Gasteiger partial charge in [-0.3, -0.25) is 19.3 Å². The molecule has 22 heavy (non-hydrogen) atoms. The Labute approximate surface area is 130 Å². The van der Waals surface area contributed by atoms with Gasteiger partial charge in [-0.15, -0.1) is 0 Å². The van der Waals surface area contributed by atoms with Crippen molar-refractivity contribution in [2.24, 2.45) is 7.05 Å². The second kappa shape index (κ2) is 5.72. The van der Waals surface area contributed by atoms with Gasteiger partial charge in [0.15, 0.2) is 0 Å². The molecule has 2 fully saturated rings. The number of aryl methyl sites for hydroxylation is 2. The average molecular weight is 305 g/mol. The number of hydrogen-bond donors (Lipinski definition) is 1. The largest absolute Gasteiger partial charge is 0.329 e. The van der Waals surface area contributed by atoms with Gasteiger partial charge in [-0.2, -0.15) is 5.10 Å². The van der Waals surface area contributed by atoms with Crippen LogP contribution in [0.4, 0.5) is 4.79 Å². The summed E-state index contributed by atoms with van der Waals surface area (Å²) in [5.74, 6) is -0.130. The van der Waals surface area contributed by atoms with Crippen molar-refractivity contribution < 1.29 is 9.59 Å². The SMILES string of the molecule is Cc1nn(C)c(C)c1[C@H]1CCCN1CCN1C(=O)CNC1=O. The van der Waals surface area contributed by atoms with Gasteiger partial charge in [-0.1, -0.05) is 0 Å². The molecule has 2 aliphatic heterocycles. The first-order valence-corrected chi connectivity index (χ1v) is 7.81. The van der Waals surface area contributed by atoms with Crippen molar-refractivity contribution in [2.45, 2.75) is 32.7 Å². The van der Waals surface area contributed by atoms with Crippen LogP contribution >= 0.6 is 0 Å². The van der Waals surface area contributed by atoms with E-state index in [9.17, 15) is 9.59 Å². The number of urea groups is 1. The molecule has 0 radical (unpaired) electrons. The Morgan fingerprint density at radius 1 is 1.27 bits per heavy atom. The summed E-state index contributed by atoms with van der Waals surface area (Å²) in [4.78, 5) is 27.0. The van der Waals surface area contributed by atoms with E-state index in [4.69, 9.17) is 0 Å². The van der Waals surface area contributed by atoms with Gasteiger partial charge in [0.05, 0.1) is 12.2 Å². The fraction of sp³-hybridized carbons (Fsp3) is 0.667. The van der Waals surface area contributed by atoms with Gasteiger partial charge in [0, 0.05) is 37.4 Å². The van der Waals surface area contributed by atoms with Crippen molar-refractivity contribution in [3.8, 4) is 0 Å². The van der Waals surface area contributed by atoms with E-state index in [1.807, 2.05) is 11.7 Å². The van der Waals surface area contributed by atoms with E-state index in [2.05, 4.69) is 29.2 Å². The van der Waals surface area contributed by atoms with Gasteiger partial charge in [0.2, 0.25) is 5.91 Å². The minimum Gasteiger partial charge on any atom is -0.329 e. The zero-order valence-corrected chi connectivity index (χ0v) is 13.4. The Balaban J connectivity index is 1.71. The molecule has 0 unspecified atom stereocenters. The second-order valence-corrected chi connectivity index (χ2v) is 6.11. The summed E-state index contributed by atoms with van der Waals surface area (Å²) in [5, 5.41) is 7.08. The molecule has 3 rings (SSSR count).